The first-order chi connectivity index (χ1) is 9.13. The zero-order valence-electron chi connectivity index (χ0n) is 10.5. The predicted molar refractivity (Wildman–Crippen MR) is 73.3 cm³/mol. The van der Waals surface area contributed by atoms with Gasteiger partial charge in [0.2, 0.25) is 0 Å². The standard InChI is InChI=1S/C14H15BO4/c1-19-13-5-3-2-4-12(13)14(16)10-6-8-11(9-7-10)15(17)18/h2-9,14,16-18H,1H3. The highest BCUT2D eigenvalue weighted by atomic mass is 16.5. The summed E-state index contributed by atoms with van der Waals surface area (Å²) in [6.07, 6.45) is -0.818. The van der Waals surface area contributed by atoms with E-state index in [1.807, 2.05) is 12.1 Å². The number of hydrogen-bond acceptors (Lipinski definition) is 4. The number of aliphatic hydroxyl groups is 1. The summed E-state index contributed by atoms with van der Waals surface area (Å²) in [6, 6.07) is 13.7. The fraction of sp³-hybridized carbons (Fsp3) is 0.143. The quantitative estimate of drug-likeness (QED) is 0.697. The van der Waals surface area contributed by atoms with Crippen molar-refractivity contribution in [1.29, 1.82) is 0 Å². The molecule has 0 saturated heterocycles. The molecule has 0 fully saturated rings. The molecule has 5 heteroatoms. The third kappa shape index (κ3) is 2.96. The van der Waals surface area contributed by atoms with Crippen molar-refractivity contribution in [3.8, 4) is 5.75 Å². The van der Waals surface area contributed by atoms with E-state index in [0.717, 1.165) is 0 Å². The van der Waals surface area contributed by atoms with E-state index in [0.29, 0.717) is 22.3 Å². The Morgan fingerprint density at radius 2 is 1.63 bits per heavy atom. The van der Waals surface area contributed by atoms with Gasteiger partial charge >= 0.3 is 7.12 Å². The monoisotopic (exact) mass is 258 g/mol. The molecule has 0 heterocycles. The molecular weight excluding hydrogens is 243 g/mol. The Hall–Kier alpha value is -1.82. The fourth-order valence-electron chi connectivity index (χ4n) is 1.92. The molecule has 0 radical (unpaired) electrons. The molecule has 0 aliphatic rings. The Morgan fingerprint density at radius 1 is 1.00 bits per heavy atom. The molecule has 0 saturated carbocycles. The SMILES string of the molecule is COc1ccccc1C(O)c1ccc(B(O)O)cc1. The van der Waals surface area contributed by atoms with Crippen molar-refractivity contribution in [2.24, 2.45) is 0 Å². The van der Waals surface area contributed by atoms with Gasteiger partial charge in [0.1, 0.15) is 11.9 Å². The molecule has 4 nitrogen and oxygen atoms in total. The first-order valence-corrected chi connectivity index (χ1v) is 5.90. The van der Waals surface area contributed by atoms with Crippen LogP contribution in [0.1, 0.15) is 17.2 Å². The summed E-state index contributed by atoms with van der Waals surface area (Å²) in [4.78, 5) is 0. The molecule has 19 heavy (non-hydrogen) atoms. The number of hydrogen-bond donors (Lipinski definition) is 3. The lowest BCUT2D eigenvalue weighted by Crippen LogP contribution is -2.29. The van der Waals surface area contributed by atoms with Gasteiger partial charge in [0.15, 0.2) is 0 Å². The van der Waals surface area contributed by atoms with Crippen LogP contribution in [0.4, 0.5) is 0 Å². The highest BCUT2D eigenvalue weighted by molar-refractivity contribution is 6.58. The predicted octanol–water partition coefficient (Wildman–Crippen LogP) is 0.457. The van der Waals surface area contributed by atoms with Crippen LogP contribution in [0.5, 0.6) is 5.75 Å². The number of benzene rings is 2. The van der Waals surface area contributed by atoms with E-state index in [1.54, 1.807) is 43.5 Å². The fourth-order valence-corrected chi connectivity index (χ4v) is 1.92. The van der Waals surface area contributed by atoms with Crippen molar-refractivity contribution in [3.63, 3.8) is 0 Å². The first kappa shape index (κ1) is 13.6. The lowest BCUT2D eigenvalue weighted by molar-refractivity contribution is 0.214. The van der Waals surface area contributed by atoms with E-state index < -0.39 is 13.2 Å². The second-order valence-electron chi connectivity index (χ2n) is 4.18. The Morgan fingerprint density at radius 3 is 2.21 bits per heavy atom. The maximum absolute atomic E-state index is 10.3. The third-order valence-electron chi connectivity index (χ3n) is 2.98. The summed E-state index contributed by atoms with van der Waals surface area (Å²) < 4.78 is 5.21. The lowest BCUT2D eigenvalue weighted by Gasteiger charge is -2.15. The maximum atomic E-state index is 10.3. The van der Waals surface area contributed by atoms with Crippen LogP contribution in [-0.4, -0.2) is 29.4 Å². The zero-order chi connectivity index (χ0) is 13.8. The average Bonchev–Trinajstić information content (AvgIpc) is 2.46. The Bertz CT molecular complexity index is 539. The molecule has 1 unspecified atom stereocenters. The summed E-state index contributed by atoms with van der Waals surface area (Å²) in [6.45, 7) is 0. The van der Waals surface area contributed by atoms with Gasteiger partial charge in [-0.3, -0.25) is 0 Å². The second kappa shape index (κ2) is 5.88. The minimum absolute atomic E-state index is 0.385. The summed E-state index contributed by atoms with van der Waals surface area (Å²) in [5.41, 5.74) is 1.71. The normalized spacial score (nSPS) is 12.0. The topological polar surface area (TPSA) is 69.9 Å². The minimum Gasteiger partial charge on any atom is -0.496 e. The van der Waals surface area contributed by atoms with Gasteiger partial charge in [0.25, 0.3) is 0 Å². The van der Waals surface area contributed by atoms with Crippen molar-refractivity contribution in [1.82, 2.24) is 0 Å². The molecule has 0 bridgehead atoms. The minimum atomic E-state index is -1.50. The van der Waals surface area contributed by atoms with Crippen LogP contribution in [0.25, 0.3) is 0 Å². The van der Waals surface area contributed by atoms with Gasteiger partial charge in [-0.05, 0) is 17.1 Å². The summed E-state index contributed by atoms with van der Waals surface area (Å²) in [5.74, 6) is 0.612. The van der Waals surface area contributed by atoms with E-state index in [4.69, 9.17) is 14.8 Å². The smallest absolute Gasteiger partial charge is 0.488 e. The Balaban J connectivity index is 2.30. The van der Waals surface area contributed by atoms with Crippen LogP contribution in [0.15, 0.2) is 48.5 Å². The molecule has 0 aliphatic carbocycles. The molecule has 2 rings (SSSR count). The van der Waals surface area contributed by atoms with Crippen molar-refractivity contribution in [2.75, 3.05) is 7.11 Å². The van der Waals surface area contributed by atoms with Crippen molar-refractivity contribution in [3.05, 3.63) is 59.7 Å². The van der Waals surface area contributed by atoms with Crippen LogP contribution in [0, 0.1) is 0 Å². The Labute approximate surface area is 112 Å². The second-order valence-corrected chi connectivity index (χ2v) is 4.18. The zero-order valence-corrected chi connectivity index (χ0v) is 10.5. The summed E-state index contributed by atoms with van der Waals surface area (Å²) >= 11 is 0. The Kier molecular flexibility index (Phi) is 4.22. The van der Waals surface area contributed by atoms with E-state index >= 15 is 0 Å². The number of methoxy groups -OCH3 is 1. The molecule has 0 amide bonds. The molecular formula is C14H15BO4. The van der Waals surface area contributed by atoms with Crippen LogP contribution >= 0.6 is 0 Å². The largest absolute Gasteiger partial charge is 0.496 e. The molecule has 0 spiro atoms. The van der Waals surface area contributed by atoms with Gasteiger partial charge in [-0.15, -0.1) is 0 Å². The van der Waals surface area contributed by atoms with E-state index in [9.17, 15) is 5.11 Å². The number of aliphatic hydroxyl groups excluding tert-OH is 1. The van der Waals surface area contributed by atoms with E-state index in [-0.39, 0.29) is 0 Å². The average molecular weight is 258 g/mol. The third-order valence-corrected chi connectivity index (χ3v) is 2.98. The van der Waals surface area contributed by atoms with Crippen molar-refractivity contribution in [2.45, 2.75) is 6.10 Å². The number of rotatable bonds is 4. The number of para-hydroxylation sites is 1. The van der Waals surface area contributed by atoms with Crippen LogP contribution in [0.2, 0.25) is 0 Å². The van der Waals surface area contributed by atoms with E-state index in [1.165, 1.54) is 0 Å². The van der Waals surface area contributed by atoms with Crippen LogP contribution < -0.4 is 10.2 Å². The van der Waals surface area contributed by atoms with Gasteiger partial charge < -0.3 is 19.9 Å². The highest BCUT2D eigenvalue weighted by Crippen LogP contribution is 2.29. The lowest BCUT2D eigenvalue weighted by atomic mass is 9.79. The van der Waals surface area contributed by atoms with Crippen molar-refractivity contribution < 1.29 is 19.9 Å². The maximum Gasteiger partial charge on any atom is 0.488 e. The van der Waals surface area contributed by atoms with Crippen molar-refractivity contribution >= 4 is 12.6 Å². The van der Waals surface area contributed by atoms with Gasteiger partial charge in [0.05, 0.1) is 7.11 Å². The van der Waals surface area contributed by atoms with Gasteiger partial charge in [0, 0.05) is 5.56 Å². The summed E-state index contributed by atoms with van der Waals surface area (Å²) in [7, 11) is 0.0500. The van der Waals surface area contributed by atoms with Gasteiger partial charge in [-0.2, -0.15) is 0 Å². The van der Waals surface area contributed by atoms with E-state index in [2.05, 4.69) is 0 Å². The molecule has 0 aliphatic heterocycles. The van der Waals surface area contributed by atoms with Gasteiger partial charge in [-0.25, -0.2) is 0 Å². The van der Waals surface area contributed by atoms with Gasteiger partial charge in [-0.1, -0.05) is 42.5 Å². The molecule has 0 aromatic heterocycles. The first-order valence-electron chi connectivity index (χ1n) is 5.90. The molecule has 1 atom stereocenters. The van der Waals surface area contributed by atoms with Crippen LogP contribution in [-0.2, 0) is 0 Å². The molecule has 3 N–H and O–H groups in total. The molecule has 2 aromatic carbocycles. The highest BCUT2D eigenvalue weighted by Gasteiger charge is 2.16. The molecule has 98 valence electrons. The number of ether oxygens (including phenoxy) is 1. The summed E-state index contributed by atoms with van der Waals surface area (Å²) in [5, 5.41) is 28.4. The van der Waals surface area contributed by atoms with Crippen LogP contribution in [0.3, 0.4) is 0 Å². The molecule has 2 aromatic rings.